The summed E-state index contributed by atoms with van der Waals surface area (Å²) in [5, 5.41) is 3.17. The van der Waals surface area contributed by atoms with Crippen molar-refractivity contribution >= 4 is 27.7 Å². The van der Waals surface area contributed by atoms with E-state index in [9.17, 15) is 18.0 Å². The first kappa shape index (κ1) is 20.1. The molecule has 3 heterocycles. The summed E-state index contributed by atoms with van der Waals surface area (Å²) >= 11 is 0. The molecular weight excluding hydrogens is 392 g/mol. The molecule has 2 fully saturated rings. The molecule has 4 aliphatic rings. The molecule has 158 valence electrons. The third-order valence-corrected chi connectivity index (χ3v) is 7.27. The molecule has 2 amide bonds. The number of amides is 2. The van der Waals surface area contributed by atoms with Gasteiger partial charge in [0, 0.05) is 31.9 Å². The second kappa shape index (κ2) is 8.30. The number of hydrogen-bond acceptors (Lipinski definition) is 5. The number of nitrogens with zero attached hydrogens (tertiary/aromatic N) is 3. The third-order valence-electron chi connectivity index (χ3n) is 6.12. The molecule has 0 aromatic rings. The highest BCUT2D eigenvalue weighted by Crippen LogP contribution is 2.24. The molecule has 1 saturated carbocycles. The Balaban J connectivity index is 1.44. The number of likely N-dealkylation sites (tertiary alicyclic amines) is 1. The van der Waals surface area contributed by atoms with E-state index in [0.29, 0.717) is 13.1 Å². The van der Waals surface area contributed by atoms with E-state index in [1.807, 2.05) is 0 Å². The first-order valence-electron chi connectivity index (χ1n) is 10.5. The summed E-state index contributed by atoms with van der Waals surface area (Å²) in [5.41, 5.74) is 0.282. The lowest BCUT2D eigenvalue weighted by Gasteiger charge is -2.35. The second-order valence-electron chi connectivity index (χ2n) is 8.25. The van der Waals surface area contributed by atoms with Gasteiger partial charge in [0.15, 0.2) is 5.84 Å². The summed E-state index contributed by atoms with van der Waals surface area (Å²) in [6.45, 7) is 1.21. The van der Waals surface area contributed by atoms with Crippen LogP contribution in [0.2, 0.25) is 0 Å². The van der Waals surface area contributed by atoms with Crippen LogP contribution >= 0.6 is 0 Å². The van der Waals surface area contributed by atoms with Gasteiger partial charge in [0.05, 0.1) is 17.2 Å². The van der Waals surface area contributed by atoms with Crippen LogP contribution in [0, 0.1) is 5.92 Å². The van der Waals surface area contributed by atoms with E-state index in [4.69, 9.17) is 0 Å². The van der Waals surface area contributed by atoms with Crippen LogP contribution < -0.4 is 5.32 Å². The van der Waals surface area contributed by atoms with Crippen molar-refractivity contribution in [2.45, 2.75) is 51.0 Å². The molecule has 8 nitrogen and oxygen atoms in total. The molecule has 0 radical (unpaired) electrons. The van der Waals surface area contributed by atoms with Crippen LogP contribution in [0.15, 0.2) is 28.3 Å². The molecular formula is C20H28N4O4S. The number of amidine groups is 1. The lowest BCUT2D eigenvalue weighted by atomic mass is 9.92. The summed E-state index contributed by atoms with van der Waals surface area (Å²) in [7, 11) is -3.55. The van der Waals surface area contributed by atoms with E-state index >= 15 is 0 Å². The van der Waals surface area contributed by atoms with Gasteiger partial charge in [-0.2, -0.15) is 0 Å². The Labute approximate surface area is 171 Å². The van der Waals surface area contributed by atoms with E-state index in [2.05, 4.69) is 9.71 Å². The van der Waals surface area contributed by atoms with Crippen LogP contribution in [0.5, 0.6) is 0 Å². The van der Waals surface area contributed by atoms with Crippen molar-refractivity contribution in [3.63, 3.8) is 0 Å². The number of carbonyl (C=O) groups is 2. The molecule has 1 atom stereocenters. The minimum atomic E-state index is -3.55. The zero-order valence-electron chi connectivity index (χ0n) is 16.5. The van der Waals surface area contributed by atoms with E-state index in [0.717, 1.165) is 38.5 Å². The number of allylic oxidation sites excluding steroid dienone is 2. The molecule has 0 spiro atoms. The van der Waals surface area contributed by atoms with Crippen LogP contribution in [0.25, 0.3) is 0 Å². The first-order chi connectivity index (χ1) is 13.9. The molecule has 3 aliphatic heterocycles. The lowest BCUT2D eigenvalue weighted by Crippen LogP contribution is -2.50. The standard InChI is InChI=1S/C20H28N4O4S/c25-19(21-16-7-2-1-3-8-16)15-6-4-11-24(14-15)20(26)17-9-5-10-23-12-13-29(27,28)22-18(17)23/h5,9-10,15-16H,1-4,6-8,11-14H2,(H,21,25). The van der Waals surface area contributed by atoms with Gasteiger partial charge in [-0.15, -0.1) is 4.40 Å². The zero-order valence-corrected chi connectivity index (χ0v) is 17.4. The SMILES string of the molecule is O=C(NC1CCCCC1)C1CCCN(C(=O)C2=CC=CN3CCS(=O)(=O)N=C23)C1. The fourth-order valence-electron chi connectivity index (χ4n) is 4.49. The maximum absolute atomic E-state index is 13.2. The van der Waals surface area contributed by atoms with Crippen molar-refractivity contribution in [1.29, 1.82) is 0 Å². The van der Waals surface area contributed by atoms with Crippen LogP contribution in [0.1, 0.15) is 44.9 Å². The average molecular weight is 421 g/mol. The van der Waals surface area contributed by atoms with Gasteiger partial charge in [-0.05, 0) is 37.8 Å². The molecule has 1 saturated heterocycles. The number of hydrogen-bond donors (Lipinski definition) is 1. The predicted molar refractivity (Wildman–Crippen MR) is 109 cm³/mol. The predicted octanol–water partition coefficient (Wildman–Crippen LogP) is 1.17. The van der Waals surface area contributed by atoms with Gasteiger partial charge in [0.2, 0.25) is 5.91 Å². The van der Waals surface area contributed by atoms with Crippen LogP contribution in [0.3, 0.4) is 0 Å². The Bertz CT molecular complexity index is 871. The maximum atomic E-state index is 13.2. The highest BCUT2D eigenvalue weighted by atomic mass is 32.2. The van der Waals surface area contributed by atoms with E-state index in [-0.39, 0.29) is 47.5 Å². The van der Waals surface area contributed by atoms with Gasteiger partial charge in [-0.1, -0.05) is 19.3 Å². The van der Waals surface area contributed by atoms with Gasteiger partial charge in [0.1, 0.15) is 0 Å². The Morgan fingerprint density at radius 1 is 1.07 bits per heavy atom. The number of piperidine rings is 1. The Morgan fingerprint density at radius 3 is 2.66 bits per heavy atom. The Kier molecular flexibility index (Phi) is 5.76. The minimum Gasteiger partial charge on any atom is -0.353 e. The first-order valence-corrected chi connectivity index (χ1v) is 12.1. The van der Waals surface area contributed by atoms with Gasteiger partial charge < -0.3 is 15.1 Å². The van der Waals surface area contributed by atoms with E-state index in [1.54, 1.807) is 28.2 Å². The summed E-state index contributed by atoms with van der Waals surface area (Å²) in [4.78, 5) is 29.3. The monoisotopic (exact) mass is 420 g/mol. The number of rotatable bonds is 3. The van der Waals surface area contributed by atoms with Gasteiger partial charge in [-0.25, -0.2) is 8.42 Å². The van der Waals surface area contributed by atoms with Crippen LogP contribution in [-0.2, 0) is 19.6 Å². The number of sulfonamides is 1. The number of fused-ring (bicyclic) bond motifs is 1. The van der Waals surface area contributed by atoms with Crippen molar-refractivity contribution in [2.75, 3.05) is 25.4 Å². The summed E-state index contributed by atoms with van der Waals surface area (Å²) in [6, 6.07) is 0.254. The largest absolute Gasteiger partial charge is 0.353 e. The number of carbonyl (C=O) groups excluding carboxylic acids is 2. The smallest absolute Gasteiger partial charge is 0.257 e. The molecule has 9 heteroatoms. The molecule has 1 aliphatic carbocycles. The minimum absolute atomic E-state index is 0.0335. The fourth-order valence-corrected chi connectivity index (χ4v) is 5.48. The average Bonchev–Trinajstić information content (AvgIpc) is 2.73. The summed E-state index contributed by atoms with van der Waals surface area (Å²) in [6.07, 6.45) is 12.2. The topological polar surface area (TPSA) is 99.1 Å². The maximum Gasteiger partial charge on any atom is 0.257 e. The van der Waals surface area contributed by atoms with Crippen molar-refractivity contribution in [2.24, 2.45) is 10.3 Å². The summed E-state index contributed by atoms with van der Waals surface area (Å²) in [5.74, 6) is -0.313. The fraction of sp³-hybridized carbons (Fsp3) is 0.650. The third kappa shape index (κ3) is 4.55. The molecule has 0 aromatic carbocycles. The molecule has 0 bridgehead atoms. The molecule has 0 aromatic heterocycles. The molecule has 1 N–H and O–H groups in total. The molecule has 4 rings (SSSR count). The van der Waals surface area contributed by atoms with E-state index in [1.165, 1.54) is 6.42 Å². The Hall–Kier alpha value is -2.16. The zero-order chi connectivity index (χ0) is 20.4. The van der Waals surface area contributed by atoms with Gasteiger partial charge in [-0.3, -0.25) is 9.59 Å². The number of nitrogens with one attached hydrogen (secondary N) is 1. The highest BCUT2D eigenvalue weighted by molar-refractivity contribution is 7.90. The van der Waals surface area contributed by atoms with Crippen molar-refractivity contribution in [3.05, 3.63) is 23.9 Å². The van der Waals surface area contributed by atoms with Gasteiger partial charge >= 0.3 is 0 Å². The van der Waals surface area contributed by atoms with Crippen molar-refractivity contribution < 1.29 is 18.0 Å². The molecule has 29 heavy (non-hydrogen) atoms. The summed E-state index contributed by atoms with van der Waals surface area (Å²) < 4.78 is 27.7. The van der Waals surface area contributed by atoms with Crippen molar-refractivity contribution in [3.8, 4) is 0 Å². The van der Waals surface area contributed by atoms with Gasteiger partial charge in [0.25, 0.3) is 15.9 Å². The van der Waals surface area contributed by atoms with E-state index < -0.39 is 10.0 Å². The normalized spacial score (nSPS) is 27.0. The molecule has 1 unspecified atom stereocenters. The lowest BCUT2D eigenvalue weighted by molar-refractivity contribution is -0.133. The quantitative estimate of drug-likeness (QED) is 0.739. The highest BCUT2D eigenvalue weighted by Gasteiger charge is 2.35. The van der Waals surface area contributed by atoms with Crippen LogP contribution in [0.4, 0.5) is 0 Å². The Morgan fingerprint density at radius 2 is 1.86 bits per heavy atom. The van der Waals surface area contributed by atoms with Crippen LogP contribution in [-0.4, -0.2) is 67.3 Å². The van der Waals surface area contributed by atoms with Crippen molar-refractivity contribution in [1.82, 2.24) is 15.1 Å². The second-order valence-corrected chi connectivity index (χ2v) is 10.0.